The minimum Gasteiger partial charge on any atom is -0.507 e. The number of aromatic hydroxyl groups is 2. The molecule has 5 nitrogen and oxygen atoms in total. The maximum Gasteiger partial charge on any atom is 0.200 e. The minimum absolute atomic E-state index is 0.00296. The number of ketones is 1. The molecule has 0 bridgehead atoms. The van der Waals surface area contributed by atoms with Crippen LogP contribution in [0.3, 0.4) is 0 Å². The van der Waals surface area contributed by atoms with E-state index in [0.717, 1.165) is 0 Å². The molecule has 0 aliphatic heterocycles. The number of nitrogen functional groups attached to an aromatic ring is 2. The van der Waals surface area contributed by atoms with Gasteiger partial charge in [-0.1, -0.05) is 12.1 Å². The average molecular weight is 244 g/mol. The summed E-state index contributed by atoms with van der Waals surface area (Å²) in [7, 11) is 0. The van der Waals surface area contributed by atoms with Crippen LogP contribution in [0, 0.1) is 0 Å². The van der Waals surface area contributed by atoms with Crippen LogP contribution in [0.2, 0.25) is 0 Å². The standard InChI is InChI=1S/C13H12N2O3/c14-9-5-8(12(17)6-10(9)15)13(18)7-3-1-2-4-11(7)16/h1-6,16-17H,14-15H2. The molecule has 92 valence electrons. The van der Waals surface area contributed by atoms with E-state index in [1.54, 1.807) is 12.1 Å². The van der Waals surface area contributed by atoms with Gasteiger partial charge in [0, 0.05) is 6.07 Å². The lowest BCUT2D eigenvalue weighted by Crippen LogP contribution is -2.04. The van der Waals surface area contributed by atoms with E-state index in [9.17, 15) is 15.0 Å². The van der Waals surface area contributed by atoms with Crippen molar-refractivity contribution in [2.45, 2.75) is 0 Å². The smallest absolute Gasteiger partial charge is 0.200 e. The van der Waals surface area contributed by atoms with Crippen LogP contribution in [-0.2, 0) is 0 Å². The van der Waals surface area contributed by atoms with Gasteiger partial charge in [0.1, 0.15) is 11.5 Å². The van der Waals surface area contributed by atoms with Crippen molar-refractivity contribution in [3.8, 4) is 11.5 Å². The van der Waals surface area contributed by atoms with Crippen LogP contribution < -0.4 is 11.5 Å². The Morgan fingerprint density at radius 1 is 0.889 bits per heavy atom. The number of carbonyl (C=O) groups is 1. The molecule has 0 saturated heterocycles. The summed E-state index contributed by atoms with van der Waals surface area (Å²) in [5.41, 5.74) is 11.6. The van der Waals surface area contributed by atoms with Crippen LogP contribution in [0.15, 0.2) is 36.4 Å². The van der Waals surface area contributed by atoms with Crippen molar-refractivity contribution < 1.29 is 15.0 Å². The van der Waals surface area contributed by atoms with Crippen molar-refractivity contribution in [2.24, 2.45) is 0 Å². The molecule has 0 heterocycles. The van der Waals surface area contributed by atoms with E-state index in [1.807, 2.05) is 0 Å². The zero-order chi connectivity index (χ0) is 13.3. The topological polar surface area (TPSA) is 110 Å². The van der Waals surface area contributed by atoms with Gasteiger partial charge in [-0.25, -0.2) is 0 Å². The van der Waals surface area contributed by atoms with E-state index in [-0.39, 0.29) is 34.0 Å². The second kappa shape index (κ2) is 4.29. The third-order valence-electron chi connectivity index (χ3n) is 2.59. The molecule has 2 rings (SSSR count). The highest BCUT2D eigenvalue weighted by Crippen LogP contribution is 2.30. The molecule has 5 heteroatoms. The first-order chi connectivity index (χ1) is 8.50. The van der Waals surface area contributed by atoms with E-state index in [0.29, 0.717) is 0 Å². The molecule has 6 N–H and O–H groups in total. The molecule has 0 spiro atoms. The van der Waals surface area contributed by atoms with E-state index >= 15 is 0 Å². The van der Waals surface area contributed by atoms with Crippen LogP contribution >= 0.6 is 0 Å². The van der Waals surface area contributed by atoms with Crippen molar-refractivity contribution in [2.75, 3.05) is 11.5 Å². The summed E-state index contributed by atoms with van der Waals surface area (Å²) in [4.78, 5) is 12.1. The molecule has 0 radical (unpaired) electrons. The van der Waals surface area contributed by atoms with Gasteiger partial charge in [0.15, 0.2) is 0 Å². The number of para-hydroxylation sites is 1. The van der Waals surface area contributed by atoms with Crippen molar-refractivity contribution in [3.63, 3.8) is 0 Å². The first kappa shape index (κ1) is 11.8. The highest BCUT2D eigenvalue weighted by Gasteiger charge is 2.17. The summed E-state index contributed by atoms with van der Waals surface area (Å²) in [6.07, 6.45) is 0. The van der Waals surface area contributed by atoms with E-state index in [4.69, 9.17) is 11.5 Å². The fourth-order valence-corrected chi connectivity index (χ4v) is 1.61. The summed E-state index contributed by atoms with van der Waals surface area (Å²) in [5, 5.41) is 19.3. The van der Waals surface area contributed by atoms with E-state index in [1.165, 1.54) is 24.3 Å². The molecule has 0 aliphatic rings. The van der Waals surface area contributed by atoms with Gasteiger partial charge in [0.25, 0.3) is 0 Å². The third-order valence-corrected chi connectivity index (χ3v) is 2.59. The van der Waals surface area contributed by atoms with Gasteiger partial charge in [0.2, 0.25) is 5.78 Å². The maximum atomic E-state index is 12.1. The Morgan fingerprint density at radius 3 is 2.17 bits per heavy atom. The zero-order valence-electron chi connectivity index (χ0n) is 9.42. The lowest BCUT2D eigenvalue weighted by Gasteiger charge is -2.08. The number of benzene rings is 2. The molecule has 0 amide bonds. The fourth-order valence-electron chi connectivity index (χ4n) is 1.61. The number of phenols is 2. The summed E-state index contributed by atoms with van der Waals surface area (Å²) in [5.74, 6) is -0.940. The second-order valence-electron chi connectivity index (χ2n) is 3.84. The predicted octanol–water partition coefficient (Wildman–Crippen LogP) is 1.49. The van der Waals surface area contributed by atoms with Gasteiger partial charge in [-0.05, 0) is 18.2 Å². The van der Waals surface area contributed by atoms with Gasteiger partial charge in [-0.3, -0.25) is 4.79 Å². The zero-order valence-corrected chi connectivity index (χ0v) is 9.42. The number of hydrogen-bond donors (Lipinski definition) is 4. The molecule has 0 fully saturated rings. The molecule has 0 aromatic heterocycles. The molecule has 0 aliphatic carbocycles. The SMILES string of the molecule is Nc1cc(O)c(C(=O)c2ccccc2O)cc1N. The summed E-state index contributed by atoms with van der Waals surface area (Å²) in [6.45, 7) is 0. The number of carbonyl (C=O) groups excluding carboxylic acids is 1. The number of rotatable bonds is 2. The minimum atomic E-state index is -0.516. The van der Waals surface area contributed by atoms with Gasteiger partial charge in [-0.2, -0.15) is 0 Å². The van der Waals surface area contributed by atoms with Crippen LogP contribution in [0.4, 0.5) is 11.4 Å². The Morgan fingerprint density at radius 2 is 1.50 bits per heavy atom. The van der Waals surface area contributed by atoms with Crippen molar-refractivity contribution in [3.05, 3.63) is 47.5 Å². The van der Waals surface area contributed by atoms with Gasteiger partial charge in [0.05, 0.1) is 22.5 Å². The van der Waals surface area contributed by atoms with E-state index in [2.05, 4.69) is 0 Å². The number of phenolic OH excluding ortho intramolecular Hbond substituents is 2. The Bertz CT molecular complexity index is 624. The van der Waals surface area contributed by atoms with Crippen LogP contribution in [0.5, 0.6) is 11.5 Å². The first-order valence-corrected chi connectivity index (χ1v) is 5.21. The van der Waals surface area contributed by atoms with Gasteiger partial charge < -0.3 is 21.7 Å². The third kappa shape index (κ3) is 1.93. The predicted molar refractivity (Wildman–Crippen MR) is 68.5 cm³/mol. The van der Waals surface area contributed by atoms with E-state index < -0.39 is 5.78 Å². The molecule has 0 atom stereocenters. The summed E-state index contributed by atoms with van der Waals surface area (Å²) >= 11 is 0. The van der Waals surface area contributed by atoms with Crippen molar-refractivity contribution in [1.29, 1.82) is 0 Å². The Balaban J connectivity index is 2.53. The fraction of sp³-hybridized carbons (Fsp3) is 0. The summed E-state index contributed by atoms with van der Waals surface area (Å²) < 4.78 is 0. The summed E-state index contributed by atoms with van der Waals surface area (Å²) in [6, 6.07) is 8.57. The average Bonchev–Trinajstić information content (AvgIpc) is 2.33. The molecule has 18 heavy (non-hydrogen) atoms. The molecular weight excluding hydrogens is 232 g/mol. The Labute approximate surface area is 103 Å². The first-order valence-electron chi connectivity index (χ1n) is 5.21. The van der Waals surface area contributed by atoms with Gasteiger partial charge in [-0.15, -0.1) is 0 Å². The normalized spacial score (nSPS) is 10.2. The van der Waals surface area contributed by atoms with Crippen LogP contribution in [0.25, 0.3) is 0 Å². The molecule has 2 aromatic rings. The number of nitrogens with two attached hydrogens (primary N) is 2. The highest BCUT2D eigenvalue weighted by molar-refractivity contribution is 6.13. The molecule has 0 saturated carbocycles. The lowest BCUT2D eigenvalue weighted by atomic mass is 10.0. The van der Waals surface area contributed by atoms with Crippen molar-refractivity contribution in [1.82, 2.24) is 0 Å². The van der Waals surface area contributed by atoms with Crippen LogP contribution in [0.1, 0.15) is 15.9 Å². The van der Waals surface area contributed by atoms with Crippen molar-refractivity contribution >= 4 is 17.2 Å². The quantitative estimate of drug-likeness (QED) is 0.363. The maximum absolute atomic E-state index is 12.1. The van der Waals surface area contributed by atoms with Crippen LogP contribution in [-0.4, -0.2) is 16.0 Å². The number of hydrogen-bond acceptors (Lipinski definition) is 5. The Kier molecular flexibility index (Phi) is 2.81. The monoisotopic (exact) mass is 244 g/mol. The molecular formula is C13H12N2O3. The molecule has 0 unspecified atom stereocenters. The Hall–Kier alpha value is -2.69. The molecule has 2 aromatic carbocycles. The van der Waals surface area contributed by atoms with Gasteiger partial charge >= 0.3 is 0 Å². The second-order valence-corrected chi connectivity index (χ2v) is 3.84. The highest BCUT2D eigenvalue weighted by atomic mass is 16.3. The number of anilines is 2. The largest absolute Gasteiger partial charge is 0.507 e. The lowest BCUT2D eigenvalue weighted by molar-refractivity contribution is 0.103.